The summed E-state index contributed by atoms with van der Waals surface area (Å²) in [7, 11) is 0. The highest BCUT2D eigenvalue weighted by molar-refractivity contribution is 6.17. The maximum atomic E-state index is 13.9. The first-order chi connectivity index (χ1) is 19.8. The van der Waals surface area contributed by atoms with E-state index in [1.54, 1.807) is 15.9 Å². The molecular formula is C33H27FN4O3. The van der Waals surface area contributed by atoms with Crippen molar-refractivity contribution in [3.63, 3.8) is 0 Å². The van der Waals surface area contributed by atoms with E-state index < -0.39 is 5.91 Å². The molecule has 0 unspecified atom stereocenters. The molecular weight excluding hydrogens is 519 g/mol. The zero-order valence-corrected chi connectivity index (χ0v) is 22.5. The Labute approximate surface area is 235 Å². The van der Waals surface area contributed by atoms with Gasteiger partial charge in [0.05, 0.1) is 18.5 Å². The molecule has 1 saturated heterocycles. The number of rotatable bonds is 5. The van der Waals surface area contributed by atoms with Crippen LogP contribution in [0.5, 0.6) is 0 Å². The van der Waals surface area contributed by atoms with E-state index in [0.29, 0.717) is 30.6 Å². The number of amides is 3. The Balaban J connectivity index is 1.39. The summed E-state index contributed by atoms with van der Waals surface area (Å²) in [6.45, 7) is 2.98. The van der Waals surface area contributed by atoms with Gasteiger partial charge in [0.25, 0.3) is 5.91 Å². The molecule has 0 radical (unpaired) electrons. The van der Waals surface area contributed by atoms with Crippen LogP contribution in [0.4, 0.5) is 15.8 Å². The minimum absolute atomic E-state index is 0.0805. The second-order valence-electron chi connectivity index (χ2n) is 10.8. The number of anilines is 2. The van der Waals surface area contributed by atoms with Crippen LogP contribution in [-0.2, 0) is 22.6 Å². The summed E-state index contributed by atoms with van der Waals surface area (Å²) in [5.74, 6) is -0.829. The summed E-state index contributed by atoms with van der Waals surface area (Å²) >= 11 is 0. The summed E-state index contributed by atoms with van der Waals surface area (Å²) in [5.41, 5.74) is 13.6. The average molecular weight is 547 g/mol. The van der Waals surface area contributed by atoms with Gasteiger partial charge in [-0.25, -0.2) is 4.39 Å². The van der Waals surface area contributed by atoms with E-state index >= 15 is 0 Å². The molecule has 2 aliphatic rings. The molecule has 4 aromatic carbocycles. The lowest BCUT2D eigenvalue weighted by Crippen LogP contribution is -2.24. The number of hydrogen-bond donors (Lipinski definition) is 2. The number of nitrogens with one attached hydrogen (secondary N) is 1. The van der Waals surface area contributed by atoms with Gasteiger partial charge in [0, 0.05) is 46.2 Å². The van der Waals surface area contributed by atoms with Gasteiger partial charge in [-0.1, -0.05) is 30.3 Å². The lowest BCUT2D eigenvalue weighted by atomic mass is 9.92. The van der Waals surface area contributed by atoms with Crippen molar-refractivity contribution in [3.8, 4) is 11.1 Å². The number of carbonyl (C=O) groups is 3. The van der Waals surface area contributed by atoms with Gasteiger partial charge in [-0.2, -0.15) is 0 Å². The number of aromatic nitrogens is 1. The van der Waals surface area contributed by atoms with Crippen LogP contribution in [0.3, 0.4) is 0 Å². The molecule has 8 heteroatoms. The summed E-state index contributed by atoms with van der Waals surface area (Å²) < 4.78 is 13.9. The molecule has 7 rings (SSSR count). The SMILES string of the molecule is Cc1c(-c2ccc(CC(N)=O)c3[nH]c4cc(N5CCCC5=O)ccc4c23)cccc1N1Cc2cc(F)ccc2C1=O. The number of hydrogen-bond acceptors (Lipinski definition) is 3. The number of primary amides is 1. The predicted molar refractivity (Wildman–Crippen MR) is 157 cm³/mol. The molecule has 0 bridgehead atoms. The first-order valence-electron chi connectivity index (χ1n) is 13.7. The molecule has 5 aromatic rings. The summed E-state index contributed by atoms with van der Waals surface area (Å²) in [6, 6.07) is 20.0. The number of aromatic amines is 1. The average Bonchev–Trinajstić information content (AvgIpc) is 3.64. The third-order valence-corrected chi connectivity index (χ3v) is 8.33. The summed E-state index contributed by atoms with van der Waals surface area (Å²) in [5, 5.41) is 1.90. The number of nitrogens with two attached hydrogens (primary N) is 1. The maximum absolute atomic E-state index is 13.9. The molecule has 3 amide bonds. The quantitative estimate of drug-likeness (QED) is 0.294. The van der Waals surface area contributed by atoms with Crippen LogP contribution in [0.2, 0.25) is 0 Å². The van der Waals surface area contributed by atoms with Crippen LogP contribution in [0, 0.1) is 12.7 Å². The fourth-order valence-electron chi connectivity index (χ4n) is 6.40. The fraction of sp³-hybridized carbons (Fsp3) is 0.182. The van der Waals surface area contributed by atoms with Gasteiger partial charge >= 0.3 is 0 Å². The Morgan fingerprint density at radius 1 is 0.976 bits per heavy atom. The Kier molecular flexibility index (Phi) is 5.67. The van der Waals surface area contributed by atoms with Crippen molar-refractivity contribution < 1.29 is 18.8 Å². The molecule has 41 heavy (non-hydrogen) atoms. The van der Waals surface area contributed by atoms with Crippen molar-refractivity contribution in [3.05, 3.63) is 94.8 Å². The Morgan fingerprint density at radius 3 is 2.59 bits per heavy atom. The van der Waals surface area contributed by atoms with Crippen molar-refractivity contribution >= 4 is 50.9 Å². The van der Waals surface area contributed by atoms with Crippen molar-refractivity contribution in [1.29, 1.82) is 0 Å². The highest BCUT2D eigenvalue weighted by Crippen LogP contribution is 2.42. The number of fused-ring (bicyclic) bond motifs is 4. The summed E-state index contributed by atoms with van der Waals surface area (Å²) in [4.78, 5) is 44.6. The molecule has 3 N–H and O–H groups in total. The summed E-state index contributed by atoms with van der Waals surface area (Å²) in [6.07, 6.45) is 1.47. The molecule has 0 saturated carbocycles. The normalized spacial score (nSPS) is 15.0. The minimum atomic E-state index is -0.428. The molecule has 1 fully saturated rings. The monoisotopic (exact) mass is 546 g/mol. The Hall–Kier alpha value is -4.98. The van der Waals surface area contributed by atoms with Crippen LogP contribution >= 0.6 is 0 Å². The third-order valence-electron chi connectivity index (χ3n) is 8.33. The molecule has 0 aliphatic carbocycles. The van der Waals surface area contributed by atoms with Crippen molar-refractivity contribution in [1.82, 2.24) is 4.98 Å². The van der Waals surface area contributed by atoms with E-state index in [1.807, 2.05) is 55.5 Å². The van der Waals surface area contributed by atoms with Crippen molar-refractivity contribution in [2.75, 3.05) is 16.3 Å². The topological polar surface area (TPSA) is 99.5 Å². The van der Waals surface area contributed by atoms with E-state index in [1.165, 1.54) is 12.1 Å². The number of halogens is 1. The van der Waals surface area contributed by atoms with Gasteiger partial charge in [0.15, 0.2) is 0 Å². The molecule has 204 valence electrons. The standard InChI is InChI=1S/C33H27FN4O3/c1-18-23(4-2-5-28(18)38-17-20-14-21(34)8-11-24(20)33(38)41)25-10-7-19(15-29(35)39)32-31(25)26-12-9-22(16-27(26)36-32)37-13-3-6-30(37)40/h2,4-5,7-12,14,16,36H,3,6,13,15,17H2,1H3,(H2,35,39). The third kappa shape index (κ3) is 3.97. The van der Waals surface area contributed by atoms with Gasteiger partial charge in [-0.05, 0) is 77.6 Å². The van der Waals surface area contributed by atoms with Crippen molar-refractivity contribution in [2.45, 2.75) is 32.7 Å². The number of carbonyl (C=O) groups excluding carboxylic acids is 3. The van der Waals surface area contributed by atoms with Gasteiger partial charge in [-0.15, -0.1) is 0 Å². The van der Waals surface area contributed by atoms with Crippen molar-refractivity contribution in [2.24, 2.45) is 5.73 Å². The van der Waals surface area contributed by atoms with Crippen LogP contribution < -0.4 is 15.5 Å². The van der Waals surface area contributed by atoms with E-state index in [-0.39, 0.29) is 24.1 Å². The first kappa shape index (κ1) is 25.0. The number of benzene rings is 4. The van der Waals surface area contributed by atoms with Crippen LogP contribution in [0.1, 0.15) is 39.9 Å². The van der Waals surface area contributed by atoms with Crippen LogP contribution in [0.25, 0.3) is 32.9 Å². The highest BCUT2D eigenvalue weighted by atomic mass is 19.1. The van der Waals surface area contributed by atoms with Crippen LogP contribution in [-0.4, -0.2) is 29.3 Å². The molecule has 0 atom stereocenters. The zero-order chi connectivity index (χ0) is 28.4. The second kappa shape index (κ2) is 9.30. The fourth-order valence-corrected chi connectivity index (χ4v) is 6.40. The lowest BCUT2D eigenvalue weighted by Gasteiger charge is -2.21. The van der Waals surface area contributed by atoms with Gasteiger partial charge < -0.3 is 20.5 Å². The Morgan fingerprint density at radius 2 is 1.80 bits per heavy atom. The van der Waals surface area contributed by atoms with E-state index in [2.05, 4.69) is 4.98 Å². The van der Waals surface area contributed by atoms with Gasteiger partial charge in [0.2, 0.25) is 11.8 Å². The molecule has 3 heterocycles. The maximum Gasteiger partial charge on any atom is 0.258 e. The van der Waals surface area contributed by atoms with Gasteiger partial charge in [0.1, 0.15) is 5.82 Å². The van der Waals surface area contributed by atoms with E-state index in [0.717, 1.165) is 61.9 Å². The zero-order valence-electron chi connectivity index (χ0n) is 22.5. The lowest BCUT2D eigenvalue weighted by molar-refractivity contribution is -0.118. The van der Waals surface area contributed by atoms with E-state index in [4.69, 9.17) is 5.73 Å². The molecule has 1 aromatic heterocycles. The first-order valence-corrected chi connectivity index (χ1v) is 13.7. The smallest absolute Gasteiger partial charge is 0.258 e. The second-order valence-corrected chi connectivity index (χ2v) is 10.8. The number of H-pyrrole nitrogens is 1. The van der Waals surface area contributed by atoms with E-state index in [9.17, 15) is 18.8 Å². The molecule has 7 nitrogen and oxygen atoms in total. The number of nitrogens with zero attached hydrogens (tertiary/aromatic N) is 2. The molecule has 2 aliphatic heterocycles. The highest BCUT2D eigenvalue weighted by Gasteiger charge is 2.30. The largest absolute Gasteiger partial charge is 0.369 e. The minimum Gasteiger partial charge on any atom is -0.369 e. The van der Waals surface area contributed by atoms with Gasteiger partial charge in [-0.3, -0.25) is 14.4 Å². The predicted octanol–water partition coefficient (Wildman–Crippen LogP) is 5.75. The Bertz CT molecular complexity index is 1940. The molecule has 0 spiro atoms. The van der Waals surface area contributed by atoms with Crippen LogP contribution in [0.15, 0.2) is 66.7 Å².